The zero-order valence-corrected chi connectivity index (χ0v) is 15.2. The molecular weight excluding hydrogens is 330 g/mol. The molecule has 1 heterocycles. The van der Waals surface area contributed by atoms with Gasteiger partial charge < -0.3 is 10.1 Å². The standard InChI is InChI=1S/C20H21N3O3/c1-12-5-7-16(8-6-12)18-19(23-26-22-18)21-20(24)15(4)25-17-10-13(2)9-14(3)11-17/h5-11,15H,1-4H3,(H,21,23,24)/t15-/m0/s1. The summed E-state index contributed by atoms with van der Waals surface area (Å²) < 4.78 is 10.6. The highest BCUT2D eigenvalue weighted by atomic mass is 16.6. The van der Waals surface area contributed by atoms with Crippen LogP contribution in [-0.4, -0.2) is 22.3 Å². The summed E-state index contributed by atoms with van der Waals surface area (Å²) in [5.74, 6) is 0.602. The van der Waals surface area contributed by atoms with Crippen molar-refractivity contribution in [2.24, 2.45) is 0 Å². The van der Waals surface area contributed by atoms with Gasteiger partial charge in [-0.3, -0.25) is 4.79 Å². The Balaban J connectivity index is 1.72. The molecule has 134 valence electrons. The van der Waals surface area contributed by atoms with E-state index in [1.54, 1.807) is 6.92 Å². The smallest absolute Gasteiger partial charge is 0.266 e. The van der Waals surface area contributed by atoms with Crippen LogP contribution in [-0.2, 0) is 4.79 Å². The van der Waals surface area contributed by atoms with Crippen molar-refractivity contribution < 1.29 is 14.2 Å². The fraction of sp³-hybridized carbons (Fsp3) is 0.250. The first-order valence-electron chi connectivity index (χ1n) is 8.38. The Morgan fingerprint density at radius 2 is 1.65 bits per heavy atom. The zero-order valence-electron chi connectivity index (χ0n) is 15.2. The molecule has 0 unspecified atom stereocenters. The van der Waals surface area contributed by atoms with E-state index < -0.39 is 6.10 Å². The summed E-state index contributed by atoms with van der Waals surface area (Å²) in [6.07, 6.45) is -0.696. The molecule has 6 heteroatoms. The number of hydrogen-bond acceptors (Lipinski definition) is 5. The molecule has 1 aromatic heterocycles. The summed E-state index contributed by atoms with van der Waals surface area (Å²) in [4.78, 5) is 12.5. The Labute approximate surface area is 152 Å². The van der Waals surface area contributed by atoms with E-state index in [1.165, 1.54) is 0 Å². The molecule has 0 saturated heterocycles. The van der Waals surface area contributed by atoms with Gasteiger partial charge in [0, 0.05) is 5.56 Å². The normalized spacial score (nSPS) is 11.8. The number of carbonyl (C=O) groups is 1. The van der Waals surface area contributed by atoms with Crippen LogP contribution in [0.2, 0.25) is 0 Å². The highest BCUT2D eigenvalue weighted by molar-refractivity contribution is 5.95. The first kappa shape index (κ1) is 17.7. The fourth-order valence-corrected chi connectivity index (χ4v) is 2.65. The number of benzene rings is 2. The summed E-state index contributed by atoms with van der Waals surface area (Å²) in [5.41, 5.74) is 4.59. The van der Waals surface area contributed by atoms with Gasteiger partial charge in [0.25, 0.3) is 5.91 Å². The maximum absolute atomic E-state index is 12.5. The van der Waals surface area contributed by atoms with Crippen LogP contribution in [0.3, 0.4) is 0 Å². The highest BCUT2D eigenvalue weighted by Gasteiger charge is 2.20. The maximum atomic E-state index is 12.5. The molecule has 0 fully saturated rings. The van der Waals surface area contributed by atoms with Gasteiger partial charge in [0.05, 0.1) is 0 Å². The van der Waals surface area contributed by atoms with Gasteiger partial charge in [-0.25, -0.2) is 4.63 Å². The second-order valence-electron chi connectivity index (χ2n) is 6.40. The summed E-state index contributed by atoms with van der Waals surface area (Å²) in [5, 5.41) is 10.4. The molecule has 0 bridgehead atoms. The average Bonchev–Trinajstić information content (AvgIpc) is 3.02. The minimum atomic E-state index is -0.696. The number of aromatic nitrogens is 2. The number of nitrogens with one attached hydrogen (secondary N) is 1. The Morgan fingerprint density at radius 1 is 1.00 bits per heavy atom. The number of carbonyl (C=O) groups excluding carboxylic acids is 1. The lowest BCUT2D eigenvalue weighted by Crippen LogP contribution is -2.30. The maximum Gasteiger partial charge on any atom is 0.266 e. The van der Waals surface area contributed by atoms with Gasteiger partial charge in [0.1, 0.15) is 5.75 Å². The van der Waals surface area contributed by atoms with E-state index in [0.29, 0.717) is 11.4 Å². The molecule has 0 aliphatic carbocycles. The number of rotatable bonds is 5. The fourth-order valence-electron chi connectivity index (χ4n) is 2.65. The van der Waals surface area contributed by atoms with Crippen molar-refractivity contribution in [3.63, 3.8) is 0 Å². The van der Waals surface area contributed by atoms with E-state index in [9.17, 15) is 4.79 Å². The van der Waals surface area contributed by atoms with Crippen molar-refractivity contribution in [3.05, 3.63) is 59.2 Å². The number of aryl methyl sites for hydroxylation is 3. The zero-order chi connectivity index (χ0) is 18.7. The summed E-state index contributed by atoms with van der Waals surface area (Å²) >= 11 is 0. The minimum absolute atomic E-state index is 0.273. The SMILES string of the molecule is Cc1ccc(-c2nonc2NC(=O)[C@H](C)Oc2cc(C)cc(C)c2)cc1. The Bertz CT molecular complexity index is 896. The molecular formula is C20H21N3O3. The average molecular weight is 351 g/mol. The van der Waals surface area contributed by atoms with Crippen molar-refractivity contribution in [1.82, 2.24) is 10.3 Å². The van der Waals surface area contributed by atoms with Crippen molar-refractivity contribution >= 4 is 11.7 Å². The van der Waals surface area contributed by atoms with Crippen molar-refractivity contribution in [2.45, 2.75) is 33.8 Å². The van der Waals surface area contributed by atoms with Crippen LogP contribution in [0.4, 0.5) is 5.82 Å². The largest absolute Gasteiger partial charge is 0.481 e. The lowest BCUT2D eigenvalue weighted by atomic mass is 10.1. The third-order valence-electron chi connectivity index (χ3n) is 3.93. The Morgan fingerprint density at radius 3 is 2.31 bits per heavy atom. The number of amides is 1. The monoisotopic (exact) mass is 351 g/mol. The molecule has 26 heavy (non-hydrogen) atoms. The predicted molar refractivity (Wildman–Crippen MR) is 99.1 cm³/mol. The van der Waals surface area contributed by atoms with Gasteiger partial charge in [-0.05, 0) is 61.3 Å². The second-order valence-corrected chi connectivity index (χ2v) is 6.40. The van der Waals surface area contributed by atoms with Crippen LogP contribution < -0.4 is 10.1 Å². The molecule has 1 atom stereocenters. The molecule has 0 aliphatic heterocycles. The lowest BCUT2D eigenvalue weighted by Gasteiger charge is -2.15. The third-order valence-corrected chi connectivity index (χ3v) is 3.93. The number of hydrogen-bond donors (Lipinski definition) is 1. The van der Waals surface area contributed by atoms with Crippen molar-refractivity contribution in [3.8, 4) is 17.0 Å². The molecule has 1 N–H and O–H groups in total. The van der Waals surface area contributed by atoms with Gasteiger partial charge in [-0.1, -0.05) is 35.9 Å². The Hall–Kier alpha value is -3.15. The van der Waals surface area contributed by atoms with Gasteiger partial charge in [0.2, 0.25) is 5.82 Å². The van der Waals surface area contributed by atoms with E-state index >= 15 is 0 Å². The van der Waals surface area contributed by atoms with Crippen LogP contribution >= 0.6 is 0 Å². The minimum Gasteiger partial charge on any atom is -0.481 e. The van der Waals surface area contributed by atoms with Gasteiger partial charge in [0.15, 0.2) is 11.8 Å². The quantitative estimate of drug-likeness (QED) is 0.750. The second kappa shape index (κ2) is 7.39. The van der Waals surface area contributed by atoms with Crippen LogP contribution in [0.1, 0.15) is 23.6 Å². The molecule has 3 rings (SSSR count). The number of ether oxygens (including phenoxy) is 1. The first-order valence-corrected chi connectivity index (χ1v) is 8.38. The number of anilines is 1. The molecule has 0 radical (unpaired) electrons. The van der Waals surface area contributed by atoms with Crippen LogP contribution in [0, 0.1) is 20.8 Å². The van der Waals surface area contributed by atoms with Gasteiger partial charge in [-0.15, -0.1) is 0 Å². The molecule has 0 aliphatic rings. The van der Waals surface area contributed by atoms with Gasteiger partial charge >= 0.3 is 0 Å². The highest BCUT2D eigenvalue weighted by Crippen LogP contribution is 2.25. The molecule has 3 aromatic rings. The summed E-state index contributed by atoms with van der Waals surface area (Å²) in [7, 11) is 0. The topological polar surface area (TPSA) is 77.3 Å². The number of nitrogens with zero attached hydrogens (tertiary/aromatic N) is 2. The molecule has 1 amide bonds. The van der Waals surface area contributed by atoms with Crippen molar-refractivity contribution in [2.75, 3.05) is 5.32 Å². The third kappa shape index (κ3) is 4.08. The summed E-state index contributed by atoms with van der Waals surface area (Å²) in [6, 6.07) is 13.6. The van der Waals surface area contributed by atoms with Crippen LogP contribution in [0.5, 0.6) is 5.75 Å². The van der Waals surface area contributed by atoms with E-state index in [2.05, 4.69) is 15.6 Å². The van der Waals surface area contributed by atoms with E-state index in [-0.39, 0.29) is 11.7 Å². The lowest BCUT2D eigenvalue weighted by molar-refractivity contribution is -0.122. The molecule has 2 aromatic carbocycles. The molecule has 0 spiro atoms. The van der Waals surface area contributed by atoms with Crippen LogP contribution in [0.25, 0.3) is 11.3 Å². The van der Waals surface area contributed by atoms with E-state index in [4.69, 9.17) is 9.37 Å². The summed E-state index contributed by atoms with van der Waals surface area (Å²) in [6.45, 7) is 7.66. The van der Waals surface area contributed by atoms with Crippen LogP contribution in [0.15, 0.2) is 47.1 Å². The predicted octanol–water partition coefficient (Wildman–Crippen LogP) is 4.07. The van der Waals surface area contributed by atoms with E-state index in [1.807, 2.05) is 63.2 Å². The molecule has 0 saturated carbocycles. The first-order chi connectivity index (χ1) is 12.4. The molecule has 6 nitrogen and oxygen atoms in total. The van der Waals surface area contributed by atoms with Crippen molar-refractivity contribution in [1.29, 1.82) is 0 Å². The van der Waals surface area contributed by atoms with Gasteiger partial charge in [-0.2, -0.15) is 0 Å². The van der Waals surface area contributed by atoms with E-state index in [0.717, 1.165) is 22.3 Å². The Kier molecular flexibility index (Phi) is 5.02.